The van der Waals surface area contributed by atoms with Crippen LogP contribution in [0.5, 0.6) is 0 Å². The quantitative estimate of drug-likeness (QED) is 0.818. The van der Waals surface area contributed by atoms with E-state index in [1.165, 1.54) is 4.90 Å². The lowest BCUT2D eigenvalue weighted by Gasteiger charge is -2.29. The molecule has 6 nitrogen and oxygen atoms in total. The molecule has 0 saturated carbocycles. The third-order valence-corrected chi connectivity index (χ3v) is 5.84. The van der Waals surface area contributed by atoms with Crippen LogP contribution >= 0.6 is 0 Å². The summed E-state index contributed by atoms with van der Waals surface area (Å²) >= 11 is 0. The number of carbonyl (C=O) groups excluding carboxylic acids is 3. The largest absolute Gasteiger partial charge is 0.324 e. The summed E-state index contributed by atoms with van der Waals surface area (Å²) in [4.78, 5) is 40.4. The van der Waals surface area contributed by atoms with Crippen LogP contribution in [0.25, 0.3) is 0 Å². The van der Waals surface area contributed by atoms with Gasteiger partial charge in [-0.1, -0.05) is 31.0 Å². The second-order valence-corrected chi connectivity index (χ2v) is 7.43. The van der Waals surface area contributed by atoms with E-state index in [-0.39, 0.29) is 23.8 Å². The molecule has 3 aliphatic rings. The monoisotopic (exact) mass is 341 g/mol. The molecule has 4 rings (SSSR count). The summed E-state index contributed by atoms with van der Waals surface area (Å²) in [5, 5.41) is 6.22. The smallest absolute Gasteiger partial charge is 0.250 e. The molecule has 1 aromatic rings. The van der Waals surface area contributed by atoms with Crippen molar-refractivity contribution in [1.29, 1.82) is 0 Å². The van der Waals surface area contributed by atoms with Gasteiger partial charge in [0.1, 0.15) is 5.54 Å². The number of unbranched alkanes of at least 4 members (excludes halogenated alkanes) is 1. The number of hydrogen-bond donors (Lipinski definition) is 2. The van der Waals surface area contributed by atoms with E-state index >= 15 is 0 Å². The first kappa shape index (κ1) is 16.3. The number of rotatable bonds is 3. The fourth-order valence-corrected chi connectivity index (χ4v) is 4.67. The summed E-state index contributed by atoms with van der Waals surface area (Å²) in [6.07, 6.45) is 1.70. The molecule has 3 heterocycles. The van der Waals surface area contributed by atoms with Gasteiger partial charge < -0.3 is 5.32 Å². The topological polar surface area (TPSA) is 78.5 Å². The third kappa shape index (κ3) is 1.97. The maximum Gasteiger partial charge on any atom is 0.250 e. The van der Waals surface area contributed by atoms with Gasteiger partial charge in [0.2, 0.25) is 17.7 Å². The van der Waals surface area contributed by atoms with Gasteiger partial charge in [-0.15, -0.1) is 0 Å². The van der Waals surface area contributed by atoms with E-state index in [4.69, 9.17) is 0 Å². The fourth-order valence-electron chi connectivity index (χ4n) is 4.67. The van der Waals surface area contributed by atoms with E-state index < -0.39 is 17.4 Å². The summed E-state index contributed by atoms with van der Waals surface area (Å²) in [7, 11) is 0. The molecule has 0 aromatic heterocycles. The molecule has 2 N–H and O–H groups in total. The highest BCUT2D eigenvalue weighted by atomic mass is 16.2. The van der Waals surface area contributed by atoms with Gasteiger partial charge in [0.15, 0.2) is 0 Å². The average Bonchev–Trinajstić information content (AvgIpc) is 3.12. The van der Waals surface area contributed by atoms with Crippen molar-refractivity contribution in [3.8, 4) is 0 Å². The first-order valence-corrected chi connectivity index (χ1v) is 8.97. The van der Waals surface area contributed by atoms with E-state index in [2.05, 4.69) is 10.6 Å². The van der Waals surface area contributed by atoms with Gasteiger partial charge in [-0.05, 0) is 26.3 Å². The van der Waals surface area contributed by atoms with E-state index in [1.54, 1.807) is 0 Å². The minimum atomic E-state index is -1.14. The van der Waals surface area contributed by atoms with Crippen LogP contribution < -0.4 is 10.6 Å². The summed E-state index contributed by atoms with van der Waals surface area (Å²) in [5.41, 5.74) is 1.39. The van der Waals surface area contributed by atoms with Crippen LogP contribution in [0.1, 0.15) is 37.8 Å². The van der Waals surface area contributed by atoms with Crippen molar-refractivity contribution < 1.29 is 14.4 Å². The van der Waals surface area contributed by atoms with E-state index in [9.17, 15) is 14.4 Å². The zero-order valence-corrected chi connectivity index (χ0v) is 14.8. The Hall–Kier alpha value is -2.21. The highest BCUT2D eigenvalue weighted by Crippen LogP contribution is 2.52. The molecule has 0 aliphatic carbocycles. The first-order chi connectivity index (χ1) is 11.9. The van der Waals surface area contributed by atoms with Crippen molar-refractivity contribution in [2.75, 3.05) is 11.9 Å². The van der Waals surface area contributed by atoms with E-state index in [0.717, 1.165) is 29.7 Å². The molecule has 3 aliphatic heterocycles. The lowest BCUT2D eigenvalue weighted by atomic mass is 9.76. The fraction of sp³-hybridized carbons (Fsp3) is 0.526. The minimum absolute atomic E-state index is 0.144. The average molecular weight is 341 g/mol. The lowest BCUT2D eigenvalue weighted by molar-refractivity contribution is -0.142. The van der Waals surface area contributed by atoms with Crippen LogP contribution in [-0.4, -0.2) is 35.2 Å². The van der Waals surface area contributed by atoms with Gasteiger partial charge in [0.25, 0.3) is 0 Å². The number of nitrogens with one attached hydrogen (secondary N) is 2. The maximum atomic E-state index is 13.1. The molecule has 1 aromatic carbocycles. The van der Waals surface area contributed by atoms with Crippen molar-refractivity contribution in [2.45, 2.75) is 45.2 Å². The normalized spacial score (nSPS) is 33.2. The highest BCUT2D eigenvalue weighted by Gasteiger charge is 2.69. The van der Waals surface area contributed by atoms with Gasteiger partial charge in [-0.25, -0.2) is 0 Å². The van der Waals surface area contributed by atoms with Gasteiger partial charge in [-0.2, -0.15) is 0 Å². The lowest BCUT2D eigenvalue weighted by Crippen LogP contribution is -2.53. The van der Waals surface area contributed by atoms with Crippen molar-refractivity contribution in [3.05, 3.63) is 29.3 Å². The van der Waals surface area contributed by atoms with Crippen molar-refractivity contribution in [2.24, 2.45) is 11.8 Å². The predicted molar refractivity (Wildman–Crippen MR) is 92.7 cm³/mol. The Kier molecular flexibility index (Phi) is 3.51. The first-order valence-electron chi connectivity index (χ1n) is 8.97. The zero-order valence-electron chi connectivity index (χ0n) is 14.8. The molecule has 4 unspecified atom stereocenters. The second-order valence-electron chi connectivity index (χ2n) is 7.43. The number of likely N-dealkylation sites (tertiary alicyclic amines) is 1. The Labute approximate surface area is 147 Å². The number of hydrogen-bond acceptors (Lipinski definition) is 4. The SMILES string of the molecule is CCCCN1C(=O)C2C(C)NC3(C(=O)Nc4ccc(C)cc43)C2C1=O. The number of anilines is 1. The van der Waals surface area contributed by atoms with Gasteiger partial charge in [-0.3, -0.25) is 24.6 Å². The molecule has 6 heteroatoms. The second kappa shape index (κ2) is 5.39. The molecule has 2 saturated heterocycles. The van der Waals surface area contributed by atoms with Gasteiger partial charge in [0, 0.05) is 23.8 Å². The maximum absolute atomic E-state index is 13.1. The van der Waals surface area contributed by atoms with E-state index in [1.807, 2.05) is 39.0 Å². The zero-order chi connectivity index (χ0) is 17.9. The predicted octanol–water partition coefficient (Wildman–Crippen LogP) is 1.54. The van der Waals surface area contributed by atoms with Crippen LogP contribution in [0.15, 0.2) is 18.2 Å². The summed E-state index contributed by atoms with van der Waals surface area (Å²) in [6.45, 7) is 6.32. The Morgan fingerprint density at radius 3 is 2.68 bits per heavy atom. The summed E-state index contributed by atoms with van der Waals surface area (Å²) in [6, 6.07) is 5.52. The molecular formula is C19H23N3O3. The number of amides is 3. The molecule has 132 valence electrons. The van der Waals surface area contributed by atoms with Crippen LogP contribution in [0.4, 0.5) is 5.69 Å². The number of carbonyl (C=O) groups is 3. The third-order valence-electron chi connectivity index (χ3n) is 5.84. The molecule has 1 spiro atoms. The van der Waals surface area contributed by atoms with Crippen LogP contribution in [-0.2, 0) is 19.9 Å². The number of imide groups is 1. The summed E-state index contributed by atoms with van der Waals surface area (Å²) in [5.74, 6) is -1.75. The molecule has 0 radical (unpaired) electrons. The summed E-state index contributed by atoms with van der Waals surface area (Å²) < 4.78 is 0. The number of nitrogens with zero attached hydrogens (tertiary/aromatic N) is 1. The minimum Gasteiger partial charge on any atom is -0.324 e. The van der Waals surface area contributed by atoms with Gasteiger partial charge >= 0.3 is 0 Å². The molecule has 4 atom stereocenters. The Morgan fingerprint density at radius 2 is 1.96 bits per heavy atom. The number of aryl methyl sites for hydroxylation is 1. The van der Waals surface area contributed by atoms with Crippen molar-refractivity contribution in [3.63, 3.8) is 0 Å². The number of fused-ring (bicyclic) bond motifs is 4. The highest BCUT2D eigenvalue weighted by molar-refractivity contribution is 6.15. The standard InChI is InChI=1S/C19H23N3O3/c1-4-5-8-22-16(23)14-11(3)21-19(15(14)17(22)24)12-9-10(2)6-7-13(12)20-18(19)25/h6-7,9,11,14-15,21H,4-5,8H2,1-3H3,(H,20,25). The molecular weight excluding hydrogens is 318 g/mol. The van der Waals surface area contributed by atoms with Crippen LogP contribution in [0.3, 0.4) is 0 Å². The molecule has 0 bridgehead atoms. The molecule has 2 fully saturated rings. The van der Waals surface area contributed by atoms with Crippen LogP contribution in [0, 0.1) is 18.8 Å². The van der Waals surface area contributed by atoms with Crippen LogP contribution in [0.2, 0.25) is 0 Å². The van der Waals surface area contributed by atoms with Gasteiger partial charge in [0.05, 0.1) is 11.8 Å². The Balaban J connectivity index is 1.83. The molecule has 25 heavy (non-hydrogen) atoms. The number of benzene rings is 1. The Morgan fingerprint density at radius 1 is 1.20 bits per heavy atom. The van der Waals surface area contributed by atoms with E-state index in [0.29, 0.717) is 6.54 Å². The van der Waals surface area contributed by atoms with Crippen molar-refractivity contribution in [1.82, 2.24) is 10.2 Å². The molecule has 3 amide bonds. The Bertz CT molecular complexity index is 790. The van der Waals surface area contributed by atoms with Crippen molar-refractivity contribution >= 4 is 23.4 Å².